The predicted octanol–water partition coefficient (Wildman–Crippen LogP) is 0.855. The number of hydrogen-bond donors (Lipinski definition) is 2. The standard InChI is InChI=1S/C12H19N5O2S2/c1-3-4-13-6-10-5-11(8-20-10)21(18,19)15-7-12-14-9-17(2)16-12/h5,8-9,13,15H,3-4,6-7H2,1-2H3. The van der Waals surface area contributed by atoms with Gasteiger partial charge in [0.15, 0.2) is 5.82 Å². The summed E-state index contributed by atoms with van der Waals surface area (Å²) in [6.07, 6.45) is 2.58. The summed E-state index contributed by atoms with van der Waals surface area (Å²) in [6.45, 7) is 3.79. The van der Waals surface area contributed by atoms with Crippen LogP contribution >= 0.6 is 11.3 Å². The molecular weight excluding hydrogens is 310 g/mol. The Labute approximate surface area is 128 Å². The lowest BCUT2D eigenvalue weighted by Gasteiger charge is -2.02. The van der Waals surface area contributed by atoms with Crippen LogP contribution in [-0.4, -0.2) is 29.7 Å². The molecule has 21 heavy (non-hydrogen) atoms. The van der Waals surface area contributed by atoms with Crippen LogP contribution in [0, 0.1) is 0 Å². The maximum atomic E-state index is 12.2. The van der Waals surface area contributed by atoms with Crippen molar-refractivity contribution < 1.29 is 8.42 Å². The first-order valence-electron chi connectivity index (χ1n) is 6.63. The van der Waals surface area contributed by atoms with E-state index in [1.165, 1.54) is 22.3 Å². The van der Waals surface area contributed by atoms with Crippen LogP contribution in [0.1, 0.15) is 24.0 Å². The van der Waals surface area contributed by atoms with Gasteiger partial charge in [-0.1, -0.05) is 6.92 Å². The number of nitrogens with one attached hydrogen (secondary N) is 2. The van der Waals surface area contributed by atoms with Gasteiger partial charge in [0, 0.05) is 23.8 Å². The minimum Gasteiger partial charge on any atom is -0.312 e. The molecule has 0 bridgehead atoms. The molecule has 2 aromatic rings. The molecule has 0 fully saturated rings. The lowest BCUT2D eigenvalue weighted by Crippen LogP contribution is -2.23. The van der Waals surface area contributed by atoms with E-state index in [9.17, 15) is 8.42 Å². The second kappa shape index (κ2) is 7.12. The number of aryl methyl sites for hydroxylation is 1. The molecule has 0 atom stereocenters. The molecule has 7 nitrogen and oxygen atoms in total. The Balaban J connectivity index is 1.95. The van der Waals surface area contributed by atoms with Crippen molar-refractivity contribution in [2.75, 3.05) is 6.54 Å². The second-order valence-electron chi connectivity index (χ2n) is 4.58. The van der Waals surface area contributed by atoms with Gasteiger partial charge in [0.1, 0.15) is 6.33 Å². The summed E-state index contributed by atoms with van der Waals surface area (Å²) in [5.74, 6) is 0.446. The highest BCUT2D eigenvalue weighted by molar-refractivity contribution is 7.89. The predicted molar refractivity (Wildman–Crippen MR) is 81.3 cm³/mol. The smallest absolute Gasteiger partial charge is 0.241 e. The van der Waals surface area contributed by atoms with Gasteiger partial charge in [-0.05, 0) is 19.0 Å². The molecule has 2 aromatic heterocycles. The Kier molecular flexibility index (Phi) is 5.45. The third kappa shape index (κ3) is 4.60. The molecule has 2 N–H and O–H groups in total. The molecule has 2 heterocycles. The van der Waals surface area contributed by atoms with Gasteiger partial charge in [-0.3, -0.25) is 4.68 Å². The average molecular weight is 329 g/mol. The highest BCUT2D eigenvalue weighted by Crippen LogP contribution is 2.19. The van der Waals surface area contributed by atoms with E-state index in [0.717, 1.165) is 17.8 Å². The number of hydrogen-bond acceptors (Lipinski definition) is 6. The Bertz CT molecular complexity index is 677. The number of rotatable bonds is 8. The highest BCUT2D eigenvalue weighted by Gasteiger charge is 2.16. The Morgan fingerprint density at radius 2 is 2.19 bits per heavy atom. The van der Waals surface area contributed by atoms with Crippen molar-refractivity contribution in [2.24, 2.45) is 7.05 Å². The Morgan fingerprint density at radius 3 is 2.86 bits per heavy atom. The fraction of sp³-hybridized carbons (Fsp3) is 0.500. The first-order valence-corrected chi connectivity index (χ1v) is 9.00. The van der Waals surface area contributed by atoms with E-state index >= 15 is 0 Å². The maximum absolute atomic E-state index is 12.2. The van der Waals surface area contributed by atoms with Crippen LogP contribution < -0.4 is 10.0 Å². The molecule has 0 saturated heterocycles. The van der Waals surface area contributed by atoms with Crippen LogP contribution in [0.5, 0.6) is 0 Å². The molecule has 9 heteroatoms. The van der Waals surface area contributed by atoms with Gasteiger partial charge in [-0.25, -0.2) is 18.1 Å². The van der Waals surface area contributed by atoms with E-state index in [0.29, 0.717) is 12.4 Å². The van der Waals surface area contributed by atoms with Crippen LogP contribution in [0.15, 0.2) is 22.7 Å². The van der Waals surface area contributed by atoms with E-state index in [1.807, 2.05) is 0 Å². The molecule has 0 spiro atoms. The third-order valence-corrected chi connectivity index (χ3v) is 5.20. The minimum atomic E-state index is -3.52. The van der Waals surface area contributed by atoms with Gasteiger partial charge in [-0.2, -0.15) is 5.10 Å². The van der Waals surface area contributed by atoms with E-state index in [2.05, 4.69) is 27.0 Å². The van der Waals surface area contributed by atoms with Gasteiger partial charge in [0.2, 0.25) is 10.0 Å². The zero-order valence-corrected chi connectivity index (χ0v) is 13.7. The molecule has 0 radical (unpaired) electrons. The summed E-state index contributed by atoms with van der Waals surface area (Å²) in [6, 6.07) is 1.70. The lowest BCUT2D eigenvalue weighted by molar-refractivity contribution is 0.579. The molecule has 0 aliphatic heterocycles. The van der Waals surface area contributed by atoms with Crippen LogP contribution in [0.3, 0.4) is 0 Å². The van der Waals surface area contributed by atoms with E-state index in [1.54, 1.807) is 18.5 Å². The topological polar surface area (TPSA) is 88.9 Å². The average Bonchev–Trinajstić information content (AvgIpc) is 3.06. The largest absolute Gasteiger partial charge is 0.312 e. The summed E-state index contributed by atoms with van der Waals surface area (Å²) < 4.78 is 28.4. The second-order valence-corrected chi connectivity index (χ2v) is 7.35. The van der Waals surface area contributed by atoms with E-state index in [4.69, 9.17) is 0 Å². The molecule has 2 rings (SSSR count). The zero-order chi connectivity index (χ0) is 15.3. The first-order chi connectivity index (χ1) is 10.0. The fourth-order valence-electron chi connectivity index (χ4n) is 1.69. The normalized spacial score (nSPS) is 11.9. The van der Waals surface area contributed by atoms with E-state index < -0.39 is 10.0 Å². The van der Waals surface area contributed by atoms with Gasteiger partial charge < -0.3 is 5.32 Å². The Morgan fingerprint density at radius 1 is 1.38 bits per heavy atom. The van der Waals surface area contributed by atoms with Crippen molar-refractivity contribution in [3.63, 3.8) is 0 Å². The molecule has 116 valence electrons. The summed E-state index contributed by atoms with van der Waals surface area (Å²) in [4.78, 5) is 5.27. The fourth-order valence-corrected chi connectivity index (χ4v) is 3.92. The monoisotopic (exact) mass is 329 g/mol. The third-order valence-electron chi connectivity index (χ3n) is 2.73. The summed E-state index contributed by atoms with van der Waals surface area (Å²) in [5, 5.41) is 8.93. The zero-order valence-electron chi connectivity index (χ0n) is 12.0. The van der Waals surface area contributed by atoms with Crippen LogP contribution in [0.2, 0.25) is 0 Å². The summed E-state index contributed by atoms with van der Waals surface area (Å²) >= 11 is 1.44. The van der Waals surface area contributed by atoms with Crippen LogP contribution in [-0.2, 0) is 30.2 Å². The maximum Gasteiger partial charge on any atom is 0.241 e. The molecule has 0 saturated carbocycles. The molecule has 0 unspecified atom stereocenters. The molecule has 0 aromatic carbocycles. The molecule has 0 aliphatic carbocycles. The van der Waals surface area contributed by atoms with Crippen molar-refractivity contribution >= 4 is 21.4 Å². The number of aromatic nitrogens is 3. The first kappa shape index (κ1) is 16.1. The minimum absolute atomic E-state index is 0.0858. The van der Waals surface area contributed by atoms with Crippen molar-refractivity contribution in [3.05, 3.63) is 28.5 Å². The van der Waals surface area contributed by atoms with Gasteiger partial charge in [-0.15, -0.1) is 11.3 Å². The Hall–Kier alpha value is -1.29. The SMILES string of the molecule is CCCNCc1cc(S(=O)(=O)NCc2ncn(C)n2)cs1. The van der Waals surface area contributed by atoms with Crippen molar-refractivity contribution in [3.8, 4) is 0 Å². The van der Waals surface area contributed by atoms with Crippen molar-refractivity contribution in [2.45, 2.75) is 31.3 Å². The van der Waals surface area contributed by atoms with Crippen molar-refractivity contribution in [1.82, 2.24) is 24.8 Å². The molecule has 0 aliphatic rings. The lowest BCUT2D eigenvalue weighted by atomic mass is 10.4. The van der Waals surface area contributed by atoms with Crippen molar-refractivity contribution in [1.29, 1.82) is 0 Å². The van der Waals surface area contributed by atoms with E-state index in [-0.39, 0.29) is 11.4 Å². The molecule has 0 amide bonds. The van der Waals surface area contributed by atoms with Crippen LogP contribution in [0.25, 0.3) is 0 Å². The van der Waals surface area contributed by atoms with Gasteiger partial charge in [0.05, 0.1) is 11.4 Å². The summed E-state index contributed by atoms with van der Waals surface area (Å²) in [7, 11) is -1.78. The molecular formula is C12H19N5O2S2. The van der Waals surface area contributed by atoms with Gasteiger partial charge in [0.25, 0.3) is 0 Å². The van der Waals surface area contributed by atoms with Crippen LogP contribution in [0.4, 0.5) is 0 Å². The highest BCUT2D eigenvalue weighted by atomic mass is 32.2. The van der Waals surface area contributed by atoms with Gasteiger partial charge >= 0.3 is 0 Å². The number of sulfonamides is 1. The number of thiophene rings is 1. The quantitative estimate of drug-likeness (QED) is 0.701. The summed E-state index contributed by atoms with van der Waals surface area (Å²) in [5.41, 5.74) is 0. The number of nitrogens with zero attached hydrogens (tertiary/aromatic N) is 3.